The van der Waals surface area contributed by atoms with Crippen molar-refractivity contribution < 1.29 is 13.9 Å². The fourth-order valence-corrected chi connectivity index (χ4v) is 3.27. The maximum absolute atomic E-state index is 13.1. The molecule has 1 aromatic heterocycles. The van der Waals surface area contributed by atoms with E-state index in [1.165, 1.54) is 0 Å². The average molecular weight is 313 g/mol. The Kier molecular flexibility index (Phi) is 4.82. The molecular weight excluding hydrogens is 290 g/mol. The molecule has 1 N–H and O–H groups in total. The van der Waals surface area contributed by atoms with Crippen LogP contribution in [0.25, 0.3) is 0 Å². The number of benzene rings is 1. The molecule has 1 fully saturated rings. The highest BCUT2D eigenvalue weighted by Gasteiger charge is 2.41. The van der Waals surface area contributed by atoms with Crippen LogP contribution >= 0.6 is 0 Å². The third kappa shape index (κ3) is 3.48. The lowest BCUT2D eigenvalue weighted by atomic mass is 9.73. The van der Waals surface area contributed by atoms with Crippen molar-refractivity contribution in [3.05, 3.63) is 60.1 Å². The fourth-order valence-electron chi connectivity index (χ4n) is 3.27. The highest BCUT2D eigenvalue weighted by molar-refractivity contribution is 5.88. The molecule has 1 aromatic carbocycles. The van der Waals surface area contributed by atoms with Crippen LogP contribution in [0, 0.1) is 0 Å². The minimum Gasteiger partial charge on any atom is -0.469 e. The predicted octanol–water partition coefficient (Wildman–Crippen LogP) is 3.08. The number of hydrogen-bond donors (Lipinski definition) is 1. The zero-order valence-corrected chi connectivity index (χ0v) is 13.5. The first-order chi connectivity index (χ1) is 11.2. The molecular formula is C19H23NO3. The zero-order valence-electron chi connectivity index (χ0n) is 13.5. The minimum atomic E-state index is -0.489. The summed E-state index contributed by atoms with van der Waals surface area (Å²) in [7, 11) is 0. The first-order valence-corrected chi connectivity index (χ1v) is 8.17. The summed E-state index contributed by atoms with van der Waals surface area (Å²) in [6.07, 6.45) is 3.79. The second-order valence-electron chi connectivity index (χ2n) is 6.22. The Morgan fingerprint density at radius 1 is 1.17 bits per heavy atom. The third-order valence-corrected chi connectivity index (χ3v) is 4.57. The molecule has 2 heterocycles. The summed E-state index contributed by atoms with van der Waals surface area (Å²) in [6, 6.07) is 13.9. The van der Waals surface area contributed by atoms with Gasteiger partial charge in [0, 0.05) is 25.7 Å². The van der Waals surface area contributed by atoms with Gasteiger partial charge >= 0.3 is 0 Å². The number of furan rings is 1. The Balaban J connectivity index is 1.75. The van der Waals surface area contributed by atoms with Gasteiger partial charge in [-0.2, -0.15) is 0 Å². The molecule has 1 amide bonds. The Morgan fingerprint density at radius 3 is 2.57 bits per heavy atom. The van der Waals surface area contributed by atoms with E-state index in [4.69, 9.17) is 9.15 Å². The Bertz CT molecular complexity index is 615. The number of ether oxygens (including phenoxy) is 1. The van der Waals surface area contributed by atoms with Crippen molar-refractivity contribution in [2.75, 3.05) is 13.2 Å². The molecule has 0 unspecified atom stereocenters. The minimum absolute atomic E-state index is 0.0251. The average Bonchev–Trinajstić information content (AvgIpc) is 3.09. The van der Waals surface area contributed by atoms with Gasteiger partial charge in [-0.05, 0) is 37.5 Å². The fraction of sp³-hybridized carbons (Fsp3) is 0.421. The molecule has 1 aliphatic heterocycles. The van der Waals surface area contributed by atoms with Gasteiger partial charge in [-0.15, -0.1) is 0 Å². The van der Waals surface area contributed by atoms with Crippen LogP contribution in [-0.2, 0) is 21.4 Å². The van der Waals surface area contributed by atoms with Crippen molar-refractivity contribution in [3.8, 4) is 0 Å². The van der Waals surface area contributed by atoms with E-state index < -0.39 is 5.41 Å². The molecule has 3 rings (SSSR count). The highest BCUT2D eigenvalue weighted by Crippen LogP contribution is 2.35. The van der Waals surface area contributed by atoms with Crippen LogP contribution in [0.4, 0.5) is 0 Å². The molecule has 0 spiro atoms. The predicted molar refractivity (Wildman–Crippen MR) is 88.2 cm³/mol. The summed E-state index contributed by atoms with van der Waals surface area (Å²) in [5.74, 6) is 0.976. The molecule has 2 aromatic rings. The summed E-state index contributed by atoms with van der Waals surface area (Å²) < 4.78 is 10.9. The smallest absolute Gasteiger partial charge is 0.231 e. The maximum Gasteiger partial charge on any atom is 0.231 e. The molecule has 4 heteroatoms. The van der Waals surface area contributed by atoms with Crippen molar-refractivity contribution >= 4 is 5.91 Å². The number of carbonyl (C=O) groups is 1. The summed E-state index contributed by atoms with van der Waals surface area (Å²) in [6.45, 7) is 3.25. The van der Waals surface area contributed by atoms with Crippen LogP contribution in [0.15, 0.2) is 53.1 Å². The summed E-state index contributed by atoms with van der Waals surface area (Å²) >= 11 is 0. The van der Waals surface area contributed by atoms with Crippen molar-refractivity contribution in [2.45, 2.75) is 37.6 Å². The second-order valence-corrected chi connectivity index (χ2v) is 6.22. The van der Waals surface area contributed by atoms with Crippen LogP contribution in [0.3, 0.4) is 0 Å². The van der Waals surface area contributed by atoms with Gasteiger partial charge in [0.15, 0.2) is 0 Å². The topological polar surface area (TPSA) is 51.5 Å². The first-order valence-electron chi connectivity index (χ1n) is 8.17. The SMILES string of the molecule is C[C@H](Cc1ccco1)NC(=O)C1(c2ccccc2)CCOCC1. The van der Waals surface area contributed by atoms with Crippen molar-refractivity contribution in [1.82, 2.24) is 5.32 Å². The van der Waals surface area contributed by atoms with Crippen LogP contribution in [-0.4, -0.2) is 25.2 Å². The number of amides is 1. The lowest BCUT2D eigenvalue weighted by molar-refractivity contribution is -0.131. The van der Waals surface area contributed by atoms with Gasteiger partial charge in [0.25, 0.3) is 0 Å². The molecule has 4 nitrogen and oxygen atoms in total. The van der Waals surface area contributed by atoms with Crippen LogP contribution in [0.5, 0.6) is 0 Å². The summed E-state index contributed by atoms with van der Waals surface area (Å²) in [5.41, 5.74) is 0.586. The monoisotopic (exact) mass is 313 g/mol. The van der Waals surface area contributed by atoms with E-state index in [-0.39, 0.29) is 11.9 Å². The Hall–Kier alpha value is -2.07. The zero-order chi connectivity index (χ0) is 16.1. The van der Waals surface area contributed by atoms with E-state index in [1.54, 1.807) is 6.26 Å². The largest absolute Gasteiger partial charge is 0.469 e. The highest BCUT2D eigenvalue weighted by atomic mass is 16.5. The van der Waals surface area contributed by atoms with Gasteiger partial charge in [-0.3, -0.25) is 4.79 Å². The second kappa shape index (κ2) is 7.01. The van der Waals surface area contributed by atoms with E-state index >= 15 is 0 Å². The van der Waals surface area contributed by atoms with E-state index in [0.29, 0.717) is 19.6 Å². The van der Waals surface area contributed by atoms with Crippen LogP contribution in [0.1, 0.15) is 31.1 Å². The molecule has 0 bridgehead atoms. The summed E-state index contributed by atoms with van der Waals surface area (Å²) in [4.78, 5) is 13.1. The van der Waals surface area contributed by atoms with Gasteiger partial charge in [0.05, 0.1) is 11.7 Å². The first kappa shape index (κ1) is 15.8. The lowest BCUT2D eigenvalue weighted by Crippen LogP contribution is -2.50. The van der Waals surface area contributed by atoms with Crippen molar-refractivity contribution in [1.29, 1.82) is 0 Å². The maximum atomic E-state index is 13.1. The molecule has 23 heavy (non-hydrogen) atoms. The van der Waals surface area contributed by atoms with Crippen LogP contribution in [0.2, 0.25) is 0 Å². The van der Waals surface area contributed by atoms with Gasteiger partial charge in [-0.25, -0.2) is 0 Å². The number of carbonyl (C=O) groups excluding carboxylic acids is 1. The number of nitrogens with one attached hydrogen (secondary N) is 1. The van der Waals surface area contributed by atoms with E-state index in [2.05, 4.69) is 5.32 Å². The summed E-state index contributed by atoms with van der Waals surface area (Å²) in [5, 5.41) is 3.17. The Labute approximate surface area is 136 Å². The van der Waals surface area contributed by atoms with Gasteiger partial charge in [-0.1, -0.05) is 30.3 Å². The molecule has 1 atom stereocenters. The third-order valence-electron chi connectivity index (χ3n) is 4.57. The van der Waals surface area contributed by atoms with E-state index in [9.17, 15) is 4.79 Å². The normalized spacial score (nSPS) is 18.3. The molecule has 0 aliphatic carbocycles. The molecule has 122 valence electrons. The van der Waals surface area contributed by atoms with Crippen LogP contribution < -0.4 is 5.32 Å². The molecule has 1 aliphatic rings. The lowest BCUT2D eigenvalue weighted by Gasteiger charge is -2.37. The Morgan fingerprint density at radius 2 is 1.91 bits per heavy atom. The number of hydrogen-bond acceptors (Lipinski definition) is 3. The molecule has 0 saturated carbocycles. The van der Waals surface area contributed by atoms with Gasteiger partial charge < -0.3 is 14.5 Å². The van der Waals surface area contributed by atoms with Gasteiger partial charge in [0.1, 0.15) is 5.76 Å². The molecule has 1 saturated heterocycles. The van der Waals surface area contributed by atoms with Crippen molar-refractivity contribution in [3.63, 3.8) is 0 Å². The standard InChI is InChI=1S/C19H23NO3/c1-15(14-17-8-5-11-23-17)20-18(21)19(9-12-22-13-10-19)16-6-3-2-4-7-16/h2-8,11,15H,9-10,12-14H2,1H3,(H,20,21)/t15-/m1/s1. The quantitative estimate of drug-likeness (QED) is 0.923. The van der Waals surface area contributed by atoms with E-state index in [1.807, 2.05) is 49.4 Å². The number of rotatable bonds is 5. The van der Waals surface area contributed by atoms with E-state index in [0.717, 1.165) is 24.2 Å². The van der Waals surface area contributed by atoms with Gasteiger partial charge in [0.2, 0.25) is 5.91 Å². The van der Waals surface area contributed by atoms with Crippen molar-refractivity contribution in [2.24, 2.45) is 0 Å². The molecule has 0 radical (unpaired) electrons.